The van der Waals surface area contributed by atoms with Gasteiger partial charge in [0.1, 0.15) is 5.82 Å². The van der Waals surface area contributed by atoms with Crippen LogP contribution < -0.4 is 0 Å². The van der Waals surface area contributed by atoms with E-state index in [4.69, 9.17) is 9.97 Å². The second-order valence-corrected chi connectivity index (χ2v) is 6.38. The molecule has 0 aliphatic carbocycles. The molecule has 0 radical (unpaired) electrons. The fourth-order valence-corrected chi connectivity index (χ4v) is 2.87. The summed E-state index contributed by atoms with van der Waals surface area (Å²) >= 11 is 1.81. The Morgan fingerprint density at radius 3 is 2.39 bits per heavy atom. The van der Waals surface area contributed by atoms with Gasteiger partial charge < -0.3 is 0 Å². The molecule has 0 aromatic carbocycles. The maximum atomic E-state index is 4.80. The molecule has 0 N–H and O–H groups in total. The smallest absolute Gasteiger partial charge is 0.131 e. The van der Waals surface area contributed by atoms with Crippen LogP contribution in [0.25, 0.3) is 0 Å². The zero-order valence-corrected chi connectivity index (χ0v) is 12.8. The third-order valence-corrected chi connectivity index (χ3v) is 4.23. The van der Waals surface area contributed by atoms with Crippen LogP contribution in [0.15, 0.2) is 0 Å². The Morgan fingerprint density at radius 1 is 1.11 bits per heavy atom. The van der Waals surface area contributed by atoms with Gasteiger partial charge in [-0.1, -0.05) is 39.6 Å². The Kier molecular flexibility index (Phi) is 4.28. The summed E-state index contributed by atoms with van der Waals surface area (Å²) in [6, 6.07) is 0. The fourth-order valence-electron chi connectivity index (χ4n) is 2.35. The number of rotatable bonds is 3. The van der Waals surface area contributed by atoms with Crippen LogP contribution in [0.2, 0.25) is 0 Å². The van der Waals surface area contributed by atoms with Gasteiger partial charge in [-0.2, -0.15) is 0 Å². The van der Waals surface area contributed by atoms with E-state index < -0.39 is 0 Å². The summed E-state index contributed by atoms with van der Waals surface area (Å²) in [5.74, 6) is 1.89. The lowest BCUT2D eigenvalue weighted by molar-refractivity contribution is 0.429. The van der Waals surface area contributed by atoms with Gasteiger partial charge in [0.05, 0.1) is 17.9 Å². The number of hydrogen-bond acceptors (Lipinski definition) is 4. The average molecular weight is 265 g/mol. The number of nitrogens with zero attached hydrogens (tertiary/aromatic N) is 3. The van der Waals surface area contributed by atoms with E-state index in [0.717, 1.165) is 25.3 Å². The lowest BCUT2D eigenvalue weighted by atomic mass is 9.97. The third-order valence-electron chi connectivity index (χ3n) is 3.40. The topological polar surface area (TPSA) is 29.0 Å². The zero-order valence-electron chi connectivity index (χ0n) is 12.0. The number of aromatic nitrogens is 2. The first kappa shape index (κ1) is 13.8. The van der Waals surface area contributed by atoms with Crippen molar-refractivity contribution in [1.82, 2.24) is 14.3 Å². The van der Waals surface area contributed by atoms with Crippen molar-refractivity contribution >= 4 is 11.9 Å². The van der Waals surface area contributed by atoms with E-state index >= 15 is 0 Å². The first-order valence-electron chi connectivity index (χ1n) is 6.71. The van der Waals surface area contributed by atoms with Gasteiger partial charge in [0.2, 0.25) is 0 Å². The largest absolute Gasteiger partial charge is 0.245 e. The van der Waals surface area contributed by atoms with E-state index in [9.17, 15) is 0 Å². The molecule has 0 unspecified atom stereocenters. The van der Waals surface area contributed by atoms with Crippen LogP contribution in [0.4, 0.5) is 0 Å². The van der Waals surface area contributed by atoms with E-state index in [2.05, 4.69) is 38.3 Å². The minimum absolute atomic E-state index is 0.400. The molecule has 1 aliphatic heterocycles. The van der Waals surface area contributed by atoms with Crippen LogP contribution in [-0.2, 0) is 13.0 Å². The molecular formula is C14H23N3S. The van der Waals surface area contributed by atoms with Crippen molar-refractivity contribution in [1.29, 1.82) is 0 Å². The molecule has 2 rings (SSSR count). The Morgan fingerprint density at radius 2 is 1.83 bits per heavy atom. The maximum absolute atomic E-state index is 4.80. The lowest BCUT2D eigenvalue weighted by Crippen LogP contribution is -2.28. The van der Waals surface area contributed by atoms with Gasteiger partial charge in [0.15, 0.2) is 0 Å². The van der Waals surface area contributed by atoms with Crippen LogP contribution >= 0.6 is 11.9 Å². The molecule has 0 atom stereocenters. The molecule has 3 nitrogen and oxygen atoms in total. The highest BCUT2D eigenvalue weighted by Crippen LogP contribution is 2.28. The van der Waals surface area contributed by atoms with Crippen molar-refractivity contribution in [2.45, 2.75) is 52.5 Å². The van der Waals surface area contributed by atoms with Crippen molar-refractivity contribution in [3.05, 3.63) is 22.8 Å². The summed E-state index contributed by atoms with van der Waals surface area (Å²) in [7, 11) is 0. The van der Waals surface area contributed by atoms with Crippen LogP contribution in [0.3, 0.4) is 0 Å². The quantitative estimate of drug-likeness (QED) is 0.784. The van der Waals surface area contributed by atoms with Crippen molar-refractivity contribution < 1.29 is 0 Å². The van der Waals surface area contributed by atoms with Gasteiger partial charge >= 0.3 is 0 Å². The summed E-state index contributed by atoms with van der Waals surface area (Å²) in [4.78, 5) is 9.59. The van der Waals surface area contributed by atoms with E-state index in [1.807, 2.05) is 11.9 Å². The van der Waals surface area contributed by atoms with Gasteiger partial charge in [-0.15, -0.1) is 0 Å². The Balaban J connectivity index is 2.46. The minimum Gasteiger partial charge on any atom is -0.245 e. The minimum atomic E-state index is 0.400. The highest BCUT2D eigenvalue weighted by molar-refractivity contribution is 7.96. The highest BCUT2D eigenvalue weighted by Gasteiger charge is 2.23. The van der Waals surface area contributed by atoms with Gasteiger partial charge in [-0.05, 0) is 24.2 Å². The van der Waals surface area contributed by atoms with Crippen LogP contribution in [0.1, 0.15) is 62.3 Å². The monoisotopic (exact) mass is 265 g/mol. The molecule has 2 heterocycles. The molecule has 4 heteroatoms. The Bertz CT molecular complexity index is 429. The molecular weight excluding hydrogens is 242 g/mol. The maximum Gasteiger partial charge on any atom is 0.131 e. The van der Waals surface area contributed by atoms with Gasteiger partial charge in [-0.25, -0.2) is 14.3 Å². The Hall–Kier alpha value is -0.610. The molecule has 0 spiro atoms. The first-order valence-corrected chi connectivity index (χ1v) is 7.89. The van der Waals surface area contributed by atoms with Crippen molar-refractivity contribution in [2.24, 2.45) is 0 Å². The summed E-state index contributed by atoms with van der Waals surface area (Å²) in [6.45, 7) is 10.9. The molecule has 0 saturated heterocycles. The molecule has 0 fully saturated rings. The molecule has 0 saturated carbocycles. The normalized spacial score (nSPS) is 16.4. The van der Waals surface area contributed by atoms with Crippen LogP contribution in [0.5, 0.6) is 0 Å². The van der Waals surface area contributed by atoms with E-state index in [0.29, 0.717) is 11.8 Å². The highest BCUT2D eigenvalue weighted by atomic mass is 32.2. The van der Waals surface area contributed by atoms with Crippen molar-refractivity contribution in [3.8, 4) is 0 Å². The van der Waals surface area contributed by atoms with Crippen LogP contribution in [0, 0.1) is 0 Å². The third kappa shape index (κ3) is 2.69. The summed E-state index contributed by atoms with van der Waals surface area (Å²) in [5.41, 5.74) is 3.92. The molecule has 1 aromatic rings. The molecule has 18 heavy (non-hydrogen) atoms. The first-order chi connectivity index (χ1) is 8.52. The van der Waals surface area contributed by atoms with E-state index in [1.165, 1.54) is 17.0 Å². The SMILES string of the molecule is CSN1CCc2c(nc(C(C)C)nc2C(C)C)C1. The van der Waals surface area contributed by atoms with Gasteiger partial charge in [0.25, 0.3) is 0 Å². The Labute approximate surface area is 115 Å². The fraction of sp³-hybridized carbons (Fsp3) is 0.714. The molecule has 1 aromatic heterocycles. The second-order valence-electron chi connectivity index (χ2n) is 5.50. The standard InChI is InChI=1S/C14H23N3S/c1-9(2)13-11-6-7-17(18-5)8-12(11)15-14(16-13)10(3)4/h9-10H,6-8H2,1-5H3. The lowest BCUT2D eigenvalue weighted by Gasteiger charge is -2.28. The van der Waals surface area contributed by atoms with Gasteiger partial charge in [-0.3, -0.25) is 0 Å². The van der Waals surface area contributed by atoms with Crippen molar-refractivity contribution in [3.63, 3.8) is 0 Å². The molecule has 100 valence electrons. The zero-order chi connectivity index (χ0) is 13.3. The second kappa shape index (κ2) is 5.57. The summed E-state index contributed by atoms with van der Waals surface area (Å²) in [5, 5.41) is 0. The average Bonchev–Trinajstić information content (AvgIpc) is 2.36. The van der Waals surface area contributed by atoms with E-state index in [-0.39, 0.29) is 0 Å². The predicted molar refractivity (Wildman–Crippen MR) is 77.8 cm³/mol. The summed E-state index contributed by atoms with van der Waals surface area (Å²) < 4.78 is 2.38. The number of fused-ring (bicyclic) bond motifs is 1. The van der Waals surface area contributed by atoms with Gasteiger partial charge in [0, 0.05) is 12.5 Å². The molecule has 1 aliphatic rings. The van der Waals surface area contributed by atoms with Crippen molar-refractivity contribution in [2.75, 3.05) is 12.8 Å². The number of hydrogen-bond donors (Lipinski definition) is 0. The summed E-state index contributed by atoms with van der Waals surface area (Å²) in [6.07, 6.45) is 3.22. The molecule has 0 bridgehead atoms. The molecule has 0 amide bonds. The van der Waals surface area contributed by atoms with E-state index in [1.54, 1.807) is 0 Å². The van der Waals surface area contributed by atoms with Crippen LogP contribution in [-0.4, -0.2) is 27.1 Å². The predicted octanol–water partition coefficient (Wildman–Crippen LogP) is 3.36.